The molecule has 96 valence electrons. The van der Waals surface area contributed by atoms with Gasteiger partial charge in [0.15, 0.2) is 17.3 Å². The SMILES string of the molecule is NNc1cn2ccnc2c(NCC2CCSC2)n1. The molecule has 1 unspecified atom stereocenters. The fraction of sp³-hybridized carbons (Fsp3) is 0.455. The van der Waals surface area contributed by atoms with Gasteiger partial charge >= 0.3 is 0 Å². The molecule has 3 heterocycles. The van der Waals surface area contributed by atoms with Crippen molar-refractivity contribution in [2.24, 2.45) is 11.8 Å². The molecule has 1 aliphatic rings. The van der Waals surface area contributed by atoms with E-state index < -0.39 is 0 Å². The average Bonchev–Trinajstić information content (AvgIpc) is 3.06. The third-order valence-corrected chi connectivity index (χ3v) is 4.34. The van der Waals surface area contributed by atoms with E-state index in [0.29, 0.717) is 5.82 Å². The van der Waals surface area contributed by atoms with E-state index in [2.05, 4.69) is 20.7 Å². The fourth-order valence-electron chi connectivity index (χ4n) is 2.11. The summed E-state index contributed by atoms with van der Waals surface area (Å²) in [6, 6.07) is 0. The van der Waals surface area contributed by atoms with Gasteiger partial charge in [-0.15, -0.1) is 0 Å². The minimum absolute atomic E-state index is 0.629. The van der Waals surface area contributed by atoms with Gasteiger partial charge in [0.05, 0.1) is 6.20 Å². The first kappa shape index (κ1) is 11.6. The first-order valence-corrected chi connectivity index (χ1v) is 7.14. The molecule has 1 atom stereocenters. The first-order chi connectivity index (χ1) is 8.86. The molecule has 1 fully saturated rings. The summed E-state index contributed by atoms with van der Waals surface area (Å²) >= 11 is 2.02. The number of hydrogen-bond acceptors (Lipinski definition) is 6. The van der Waals surface area contributed by atoms with Crippen LogP contribution in [0, 0.1) is 5.92 Å². The average molecular weight is 264 g/mol. The van der Waals surface area contributed by atoms with Crippen LogP contribution in [-0.2, 0) is 0 Å². The summed E-state index contributed by atoms with van der Waals surface area (Å²) in [7, 11) is 0. The van der Waals surface area contributed by atoms with Crippen molar-refractivity contribution in [3.63, 3.8) is 0 Å². The highest BCUT2D eigenvalue weighted by Crippen LogP contribution is 2.24. The second-order valence-corrected chi connectivity index (χ2v) is 5.54. The second kappa shape index (κ2) is 5.03. The van der Waals surface area contributed by atoms with Gasteiger partial charge in [-0.2, -0.15) is 11.8 Å². The van der Waals surface area contributed by atoms with Gasteiger partial charge in [0.25, 0.3) is 0 Å². The van der Waals surface area contributed by atoms with Crippen LogP contribution in [0.2, 0.25) is 0 Å². The van der Waals surface area contributed by atoms with Crippen LogP contribution in [0.3, 0.4) is 0 Å². The number of thioether (sulfide) groups is 1. The molecule has 6 nitrogen and oxygen atoms in total. The number of aromatic nitrogens is 3. The predicted molar refractivity (Wildman–Crippen MR) is 74.7 cm³/mol. The van der Waals surface area contributed by atoms with Gasteiger partial charge in [0.2, 0.25) is 0 Å². The number of hydrogen-bond donors (Lipinski definition) is 3. The molecule has 0 radical (unpaired) electrons. The van der Waals surface area contributed by atoms with Crippen LogP contribution >= 0.6 is 11.8 Å². The highest BCUT2D eigenvalue weighted by Gasteiger charge is 2.16. The Bertz CT molecular complexity index is 533. The number of nitrogens with zero attached hydrogens (tertiary/aromatic N) is 3. The smallest absolute Gasteiger partial charge is 0.180 e. The van der Waals surface area contributed by atoms with E-state index in [1.54, 1.807) is 6.20 Å². The minimum atomic E-state index is 0.629. The maximum absolute atomic E-state index is 5.42. The lowest BCUT2D eigenvalue weighted by atomic mass is 10.1. The Morgan fingerprint density at radius 3 is 3.28 bits per heavy atom. The summed E-state index contributed by atoms with van der Waals surface area (Å²) in [5.41, 5.74) is 3.41. The van der Waals surface area contributed by atoms with E-state index >= 15 is 0 Å². The number of anilines is 2. The van der Waals surface area contributed by atoms with Gasteiger partial charge in [-0.25, -0.2) is 15.8 Å². The number of nitrogens with two attached hydrogens (primary N) is 1. The maximum atomic E-state index is 5.42. The zero-order valence-electron chi connectivity index (χ0n) is 9.97. The van der Waals surface area contributed by atoms with Crippen molar-refractivity contribution in [1.29, 1.82) is 0 Å². The van der Waals surface area contributed by atoms with Gasteiger partial charge in [-0.05, 0) is 23.8 Å². The van der Waals surface area contributed by atoms with Crippen LogP contribution < -0.4 is 16.6 Å². The normalized spacial score (nSPS) is 19.3. The summed E-state index contributed by atoms with van der Waals surface area (Å²) in [5.74, 6) is 10.1. The van der Waals surface area contributed by atoms with E-state index in [-0.39, 0.29) is 0 Å². The summed E-state index contributed by atoms with van der Waals surface area (Å²) in [5, 5.41) is 3.39. The Balaban J connectivity index is 1.82. The van der Waals surface area contributed by atoms with Crippen molar-refractivity contribution in [2.45, 2.75) is 6.42 Å². The van der Waals surface area contributed by atoms with Gasteiger partial charge in [-0.1, -0.05) is 0 Å². The molecule has 7 heteroatoms. The van der Waals surface area contributed by atoms with Crippen LogP contribution in [0.4, 0.5) is 11.6 Å². The Morgan fingerprint density at radius 2 is 2.50 bits per heavy atom. The molecular formula is C11H16N6S. The van der Waals surface area contributed by atoms with E-state index in [0.717, 1.165) is 23.9 Å². The molecule has 0 saturated carbocycles. The number of imidazole rings is 1. The summed E-state index contributed by atoms with van der Waals surface area (Å²) in [4.78, 5) is 8.72. The van der Waals surface area contributed by atoms with Gasteiger partial charge in [0, 0.05) is 18.9 Å². The molecule has 4 N–H and O–H groups in total. The van der Waals surface area contributed by atoms with Crippen molar-refractivity contribution in [3.05, 3.63) is 18.6 Å². The first-order valence-electron chi connectivity index (χ1n) is 5.99. The Morgan fingerprint density at radius 1 is 1.56 bits per heavy atom. The minimum Gasteiger partial charge on any atom is -0.367 e. The van der Waals surface area contributed by atoms with E-state index in [1.807, 2.05) is 28.6 Å². The van der Waals surface area contributed by atoms with Crippen LogP contribution in [0.1, 0.15) is 6.42 Å². The van der Waals surface area contributed by atoms with Crippen molar-refractivity contribution in [1.82, 2.24) is 14.4 Å². The molecule has 2 aromatic heterocycles. The molecule has 0 amide bonds. The third-order valence-electron chi connectivity index (χ3n) is 3.10. The predicted octanol–water partition coefficient (Wildman–Crippen LogP) is 1.18. The Kier molecular flexibility index (Phi) is 3.24. The van der Waals surface area contributed by atoms with Crippen LogP contribution in [0.5, 0.6) is 0 Å². The molecule has 0 spiro atoms. The highest BCUT2D eigenvalue weighted by molar-refractivity contribution is 7.99. The Labute approximate surface area is 109 Å². The Hall–Kier alpha value is -1.47. The largest absolute Gasteiger partial charge is 0.367 e. The number of nitrogen functional groups attached to an aromatic ring is 1. The second-order valence-electron chi connectivity index (χ2n) is 4.39. The van der Waals surface area contributed by atoms with Crippen molar-refractivity contribution in [2.75, 3.05) is 28.8 Å². The molecule has 18 heavy (non-hydrogen) atoms. The standard InChI is InChI=1S/C11H16N6S/c12-16-9-6-17-3-2-13-11(17)10(15-9)14-5-8-1-4-18-7-8/h2-3,6,8,16H,1,4-5,7,12H2,(H,14,15). The lowest BCUT2D eigenvalue weighted by Gasteiger charge is -2.12. The van der Waals surface area contributed by atoms with Crippen molar-refractivity contribution in [3.8, 4) is 0 Å². The van der Waals surface area contributed by atoms with E-state index in [9.17, 15) is 0 Å². The lowest BCUT2D eigenvalue weighted by Crippen LogP contribution is -2.16. The van der Waals surface area contributed by atoms with Crippen LogP contribution in [0.15, 0.2) is 18.6 Å². The van der Waals surface area contributed by atoms with Crippen molar-refractivity contribution < 1.29 is 0 Å². The van der Waals surface area contributed by atoms with Crippen LogP contribution in [-0.4, -0.2) is 32.4 Å². The molecule has 1 saturated heterocycles. The molecular weight excluding hydrogens is 248 g/mol. The number of rotatable bonds is 4. The summed E-state index contributed by atoms with van der Waals surface area (Å²) in [6.07, 6.45) is 6.73. The molecule has 0 aromatic carbocycles. The molecule has 0 bridgehead atoms. The monoisotopic (exact) mass is 264 g/mol. The van der Waals surface area contributed by atoms with Crippen molar-refractivity contribution >= 4 is 29.0 Å². The van der Waals surface area contributed by atoms with Gasteiger partial charge < -0.3 is 15.1 Å². The molecule has 1 aliphatic heterocycles. The van der Waals surface area contributed by atoms with Gasteiger partial charge in [-0.3, -0.25) is 0 Å². The quantitative estimate of drug-likeness (QED) is 0.568. The van der Waals surface area contributed by atoms with E-state index in [4.69, 9.17) is 5.84 Å². The number of hydrazine groups is 1. The molecule has 3 rings (SSSR count). The lowest BCUT2D eigenvalue weighted by molar-refractivity contribution is 0.630. The molecule has 2 aromatic rings. The van der Waals surface area contributed by atoms with E-state index in [1.165, 1.54) is 17.9 Å². The highest BCUT2D eigenvalue weighted by atomic mass is 32.2. The third kappa shape index (κ3) is 2.23. The maximum Gasteiger partial charge on any atom is 0.180 e. The zero-order chi connectivity index (χ0) is 12.4. The zero-order valence-corrected chi connectivity index (χ0v) is 10.8. The summed E-state index contributed by atoms with van der Waals surface area (Å²) < 4.78 is 1.91. The topological polar surface area (TPSA) is 80.3 Å². The summed E-state index contributed by atoms with van der Waals surface area (Å²) in [6.45, 7) is 0.941. The fourth-order valence-corrected chi connectivity index (χ4v) is 3.39. The number of fused-ring (bicyclic) bond motifs is 1. The van der Waals surface area contributed by atoms with Crippen LogP contribution in [0.25, 0.3) is 5.65 Å². The van der Waals surface area contributed by atoms with Gasteiger partial charge in [0.1, 0.15) is 0 Å². The number of nitrogens with one attached hydrogen (secondary N) is 2. The molecule has 0 aliphatic carbocycles.